The van der Waals surface area contributed by atoms with Crippen LogP contribution < -0.4 is 10.9 Å². The molecule has 25 heavy (non-hydrogen) atoms. The van der Waals surface area contributed by atoms with Crippen molar-refractivity contribution in [2.75, 3.05) is 11.9 Å². The van der Waals surface area contributed by atoms with Crippen LogP contribution in [0.2, 0.25) is 0 Å². The molecule has 1 fully saturated rings. The van der Waals surface area contributed by atoms with Gasteiger partial charge < -0.3 is 24.3 Å². The first-order chi connectivity index (χ1) is 12.0. The van der Waals surface area contributed by atoms with E-state index in [1.807, 2.05) is 0 Å². The number of aliphatic hydroxyl groups excluding tert-OH is 1. The van der Waals surface area contributed by atoms with E-state index in [9.17, 15) is 14.7 Å². The van der Waals surface area contributed by atoms with Gasteiger partial charge in [0.15, 0.2) is 0 Å². The molecule has 0 bridgehead atoms. The number of nitrogens with one attached hydrogen (secondary N) is 1. The van der Waals surface area contributed by atoms with Crippen LogP contribution in [0.15, 0.2) is 39.9 Å². The van der Waals surface area contributed by atoms with Gasteiger partial charge in [0.1, 0.15) is 11.9 Å². The van der Waals surface area contributed by atoms with Gasteiger partial charge in [-0.3, -0.25) is 4.79 Å². The normalized spacial score (nSPS) is 18.4. The number of likely N-dealkylation sites (tertiary alicyclic amines) is 1. The van der Waals surface area contributed by atoms with Crippen LogP contribution in [-0.2, 0) is 7.05 Å². The topological polar surface area (TPSA) is 87.7 Å². The van der Waals surface area contributed by atoms with Crippen LogP contribution in [0.1, 0.15) is 36.7 Å². The van der Waals surface area contributed by atoms with Gasteiger partial charge in [-0.05, 0) is 37.5 Å². The van der Waals surface area contributed by atoms with Crippen molar-refractivity contribution in [3.05, 3.63) is 52.3 Å². The van der Waals surface area contributed by atoms with Crippen molar-refractivity contribution in [1.29, 1.82) is 0 Å². The molecule has 2 amide bonds. The predicted molar refractivity (Wildman–Crippen MR) is 93.5 cm³/mol. The molecule has 1 saturated heterocycles. The number of amides is 2. The Labute approximate surface area is 145 Å². The number of carbonyl (C=O) groups excluding carboxylic acids is 1. The Morgan fingerprint density at radius 1 is 1.52 bits per heavy atom. The molecule has 7 nitrogen and oxygen atoms in total. The molecule has 134 valence electrons. The van der Waals surface area contributed by atoms with Gasteiger partial charge in [0.25, 0.3) is 5.56 Å². The van der Waals surface area contributed by atoms with Crippen LogP contribution in [0.3, 0.4) is 0 Å². The van der Waals surface area contributed by atoms with Crippen molar-refractivity contribution in [2.24, 2.45) is 7.05 Å². The van der Waals surface area contributed by atoms with Crippen molar-refractivity contribution < 1.29 is 14.3 Å². The highest BCUT2D eigenvalue weighted by Crippen LogP contribution is 2.28. The van der Waals surface area contributed by atoms with E-state index in [4.69, 9.17) is 4.42 Å². The number of urea groups is 1. The maximum atomic E-state index is 12.7. The minimum atomic E-state index is -0.729. The highest BCUT2D eigenvalue weighted by molar-refractivity contribution is 5.90. The highest BCUT2D eigenvalue weighted by atomic mass is 16.4. The van der Waals surface area contributed by atoms with Crippen molar-refractivity contribution in [3.8, 4) is 0 Å². The quantitative estimate of drug-likeness (QED) is 0.891. The maximum absolute atomic E-state index is 12.7. The molecule has 2 aromatic heterocycles. The number of nitrogens with zero attached hydrogens (tertiary/aromatic N) is 2. The van der Waals surface area contributed by atoms with E-state index in [1.165, 1.54) is 16.9 Å². The second-order valence-electron chi connectivity index (χ2n) is 6.51. The summed E-state index contributed by atoms with van der Waals surface area (Å²) in [4.78, 5) is 26.0. The van der Waals surface area contributed by atoms with Crippen LogP contribution in [0.5, 0.6) is 0 Å². The summed E-state index contributed by atoms with van der Waals surface area (Å²) in [5, 5.41) is 13.2. The summed E-state index contributed by atoms with van der Waals surface area (Å²) in [5.41, 5.74) is 1.23. The number of anilines is 1. The van der Waals surface area contributed by atoms with Crippen LogP contribution in [0, 0.1) is 6.92 Å². The summed E-state index contributed by atoms with van der Waals surface area (Å²) in [6, 6.07) is 4.71. The van der Waals surface area contributed by atoms with Gasteiger partial charge in [-0.15, -0.1) is 0 Å². The SMILES string of the molecule is Cc1cc(=O)n(C)cc1NC(=O)N1CCCC1CC(O)c1ccco1. The lowest BCUT2D eigenvalue weighted by Gasteiger charge is -2.26. The number of hydrogen-bond acceptors (Lipinski definition) is 4. The molecule has 3 rings (SSSR count). The fraction of sp³-hybridized carbons (Fsp3) is 0.444. The Morgan fingerprint density at radius 2 is 2.32 bits per heavy atom. The Morgan fingerprint density at radius 3 is 3.04 bits per heavy atom. The van der Waals surface area contributed by atoms with Gasteiger partial charge in [-0.1, -0.05) is 0 Å². The molecule has 1 aliphatic heterocycles. The largest absolute Gasteiger partial charge is 0.467 e. The molecule has 7 heteroatoms. The molecular weight excluding hydrogens is 322 g/mol. The monoisotopic (exact) mass is 345 g/mol. The zero-order valence-corrected chi connectivity index (χ0v) is 14.4. The Bertz CT molecular complexity index is 797. The van der Waals surface area contributed by atoms with E-state index in [2.05, 4.69) is 5.32 Å². The molecule has 2 atom stereocenters. The average Bonchev–Trinajstić information content (AvgIpc) is 3.24. The summed E-state index contributed by atoms with van der Waals surface area (Å²) in [7, 11) is 1.65. The van der Waals surface area contributed by atoms with E-state index in [0.717, 1.165) is 18.4 Å². The van der Waals surface area contributed by atoms with E-state index in [-0.39, 0.29) is 17.6 Å². The molecule has 2 N–H and O–H groups in total. The number of aryl methyl sites for hydroxylation is 2. The van der Waals surface area contributed by atoms with Gasteiger partial charge in [0, 0.05) is 38.3 Å². The third-order valence-electron chi connectivity index (χ3n) is 4.68. The van der Waals surface area contributed by atoms with Crippen LogP contribution in [0.4, 0.5) is 10.5 Å². The fourth-order valence-electron chi connectivity index (χ4n) is 3.24. The Balaban J connectivity index is 1.68. The van der Waals surface area contributed by atoms with Gasteiger partial charge >= 0.3 is 6.03 Å². The number of aliphatic hydroxyl groups is 1. The number of carbonyl (C=O) groups is 1. The lowest BCUT2D eigenvalue weighted by atomic mass is 10.1. The summed E-state index contributed by atoms with van der Waals surface area (Å²) < 4.78 is 6.67. The molecule has 2 unspecified atom stereocenters. The zero-order valence-electron chi connectivity index (χ0n) is 14.4. The molecule has 0 aliphatic carbocycles. The maximum Gasteiger partial charge on any atom is 0.322 e. The second kappa shape index (κ2) is 7.14. The average molecular weight is 345 g/mol. The van der Waals surface area contributed by atoms with Crippen LogP contribution in [0.25, 0.3) is 0 Å². The number of rotatable bonds is 4. The molecular formula is C18H23N3O4. The summed E-state index contributed by atoms with van der Waals surface area (Å²) in [5.74, 6) is 0.515. The Hall–Kier alpha value is -2.54. The van der Waals surface area contributed by atoms with Crippen molar-refractivity contribution in [3.63, 3.8) is 0 Å². The summed E-state index contributed by atoms with van der Waals surface area (Å²) in [6.45, 7) is 2.44. The standard InChI is InChI=1S/C18H23N3O4/c1-12-9-17(23)20(2)11-14(12)19-18(24)21-7-3-5-13(21)10-15(22)16-6-4-8-25-16/h4,6,8-9,11,13,15,22H,3,5,7,10H2,1-2H3,(H,19,24). The first-order valence-electron chi connectivity index (χ1n) is 8.42. The lowest BCUT2D eigenvalue weighted by molar-refractivity contribution is 0.110. The third-order valence-corrected chi connectivity index (χ3v) is 4.68. The predicted octanol–water partition coefficient (Wildman–Crippen LogP) is 2.41. The van der Waals surface area contributed by atoms with E-state index in [1.54, 1.807) is 37.2 Å². The second-order valence-corrected chi connectivity index (χ2v) is 6.51. The molecule has 0 saturated carbocycles. The van der Waals surface area contributed by atoms with Gasteiger partial charge in [0.05, 0.1) is 12.0 Å². The van der Waals surface area contributed by atoms with Gasteiger partial charge in [-0.25, -0.2) is 4.79 Å². The first kappa shape index (κ1) is 17.3. The molecule has 3 heterocycles. The fourth-order valence-corrected chi connectivity index (χ4v) is 3.24. The van der Waals surface area contributed by atoms with E-state index < -0.39 is 6.10 Å². The lowest BCUT2D eigenvalue weighted by Crippen LogP contribution is -2.39. The van der Waals surface area contributed by atoms with Gasteiger partial charge in [0.2, 0.25) is 0 Å². The third kappa shape index (κ3) is 3.76. The van der Waals surface area contributed by atoms with Crippen molar-refractivity contribution >= 4 is 11.7 Å². The number of furan rings is 1. The van der Waals surface area contributed by atoms with Crippen molar-refractivity contribution in [1.82, 2.24) is 9.47 Å². The van der Waals surface area contributed by atoms with Gasteiger partial charge in [-0.2, -0.15) is 0 Å². The van der Waals surface area contributed by atoms with E-state index >= 15 is 0 Å². The first-order valence-corrected chi connectivity index (χ1v) is 8.42. The molecule has 2 aromatic rings. The molecule has 0 radical (unpaired) electrons. The molecule has 1 aliphatic rings. The van der Waals surface area contributed by atoms with Crippen LogP contribution >= 0.6 is 0 Å². The molecule has 0 spiro atoms. The van der Waals surface area contributed by atoms with Crippen molar-refractivity contribution in [2.45, 2.75) is 38.3 Å². The van der Waals surface area contributed by atoms with E-state index in [0.29, 0.717) is 24.4 Å². The minimum Gasteiger partial charge on any atom is -0.467 e. The number of pyridine rings is 1. The minimum absolute atomic E-state index is 0.0482. The smallest absolute Gasteiger partial charge is 0.322 e. The zero-order chi connectivity index (χ0) is 18.0. The number of hydrogen-bond donors (Lipinski definition) is 2. The molecule has 0 aromatic carbocycles. The number of aromatic nitrogens is 1. The Kier molecular flexibility index (Phi) is 4.94. The van der Waals surface area contributed by atoms with Crippen LogP contribution in [-0.4, -0.2) is 33.2 Å². The highest BCUT2D eigenvalue weighted by Gasteiger charge is 2.31. The summed E-state index contributed by atoms with van der Waals surface area (Å²) >= 11 is 0. The summed E-state index contributed by atoms with van der Waals surface area (Å²) in [6.07, 6.45) is 4.60.